The normalized spacial score (nSPS) is 31.2. The van der Waals surface area contributed by atoms with E-state index in [1.54, 1.807) is 7.11 Å². The van der Waals surface area contributed by atoms with Gasteiger partial charge in [-0.05, 0) is 31.9 Å². The molecule has 0 amide bonds. The number of nitrogens with zero attached hydrogens (tertiary/aromatic N) is 1. The summed E-state index contributed by atoms with van der Waals surface area (Å²) in [6.45, 7) is 6.50. The van der Waals surface area contributed by atoms with Crippen molar-refractivity contribution in [3.05, 3.63) is 23.7 Å². The molecule has 112 valence electrons. The lowest BCUT2D eigenvalue weighted by molar-refractivity contribution is -0.141. The van der Waals surface area contributed by atoms with Gasteiger partial charge < -0.3 is 13.9 Å². The smallest absolute Gasteiger partial charge is 0.118 e. The summed E-state index contributed by atoms with van der Waals surface area (Å²) in [4.78, 5) is 2.47. The predicted molar refractivity (Wildman–Crippen MR) is 76.6 cm³/mol. The first-order chi connectivity index (χ1) is 9.72. The van der Waals surface area contributed by atoms with Gasteiger partial charge in [0.15, 0.2) is 0 Å². The van der Waals surface area contributed by atoms with Crippen molar-refractivity contribution < 1.29 is 13.9 Å². The number of methoxy groups -OCH3 is 1. The second kappa shape index (κ2) is 5.88. The second-order valence-corrected chi connectivity index (χ2v) is 6.18. The Bertz CT molecular complexity index is 445. The summed E-state index contributed by atoms with van der Waals surface area (Å²) in [6.07, 6.45) is 3.64. The maximum atomic E-state index is 6.21. The van der Waals surface area contributed by atoms with Crippen LogP contribution in [0.15, 0.2) is 16.5 Å². The summed E-state index contributed by atoms with van der Waals surface area (Å²) in [5, 5.41) is 0. The minimum absolute atomic E-state index is 0.00982. The number of aryl methyl sites for hydroxylation is 1. The van der Waals surface area contributed by atoms with Crippen molar-refractivity contribution in [1.29, 1.82) is 0 Å². The van der Waals surface area contributed by atoms with Gasteiger partial charge in [0.05, 0.1) is 25.4 Å². The summed E-state index contributed by atoms with van der Waals surface area (Å²) in [5.74, 6) is 2.58. The van der Waals surface area contributed by atoms with Crippen molar-refractivity contribution in [2.24, 2.45) is 5.92 Å². The molecule has 0 N–H and O–H groups in total. The highest BCUT2D eigenvalue weighted by molar-refractivity contribution is 5.06. The molecule has 2 aliphatic rings. The summed E-state index contributed by atoms with van der Waals surface area (Å²) >= 11 is 0. The standard InChI is InChI=1S/C16H25NO3/c1-13-5-6-15(20-13)10-17-8-9-19-16(12-17)7-3-4-14(16)11-18-2/h5-6,14H,3-4,7-12H2,1-2H3/t14-,16-/m1/s1. The van der Waals surface area contributed by atoms with E-state index in [0.29, 0.717) is 5.92 Å². The molecule has 1 aromatic heterocycles. The van der Waals surface area contributed by atoms with Crippen molar-refractivity contribution in [3.8, 4) is 0 Å². The predicted octanol–water partition coefficient (Wildman–Crippen LogP) is 2.61. The zero-order chi connectivity index (χ0) is 14.0. The number of ether oxygens (including phenoxy) is 2. The van der Waals surface area contributed by atoms with Crippen molar-refractivity contribution in [2.75, 3.05) is 33.4 Å². The van der Waals surface area contributed by atoms with E-state index in [1.165, 1.54) is 12.8 Å². The number of rotatable bonds is 4. The second-order valence-electron chi connectivity index (χ2n) is 6.18. The van der Waals surface area contributed by atoms with Gasteiger partial charge in [0, 0.05) is 26.1 Å². The van der Waals surface area contributed by atoms with E-state index in [0.717, 1.165) is 50.8 Å². The van der Waals surface area contributed by atoms with E-state index in [1.807, 2.05) is 13.0 Å². The Morgan fingerprint density at radius 3 is 3.10 bits per heavy atom. The van der Waals surface area contributed by atoms with Gasteiger partial charge in [-0.25, -0.2) is 0 Å². The lowest BCUT2D eigenvalue weighted by atomic mass is 9.89. The van der Waals surface area contributed by atoms with Crippen LogP contribution in [0, 0.1) is 12.8 Å². The van der Waals surface area contributed by atoms with E-state index in [2.05, 4.69) is 11.0 Å². The monoisotopic (exact) mass is 279 g/mol. The third-order valence-electron chi connectivity index (χ3n) is 4.73. The summed E-state index contributed by atoms with van der Waals surface area (Å²) in [7, 11) is 1.79. The molecule has 1 saturated heterocycles. The molecule has 2 heterocycles. The fraction of sp³-hybridized carbons (Fsp3) is 0.750. The minimum atomic E-state index is 0.00982. The van der Waals surface area contributed by atoms with Crippen LogP contribution in [-0.2, 0) is 16.0 Å². The highest BCUT2D eigenvalue weighted by Gasteiger charge is 2.46. The van der Waals surface area contributed by atoms with Crippen LogP contribution in [0.2, 0.25) is 0 Å². The molecule has 20 heavy (non-hydrogen) atoms. The van der Waals surface area contributed by atoms with Crippen LogP contribution in [0.3, 0.4) is 0 Å². The zero-order valence-corrected chi connectivity index (χ0v) is 12.6. The zero-order valence-electron chi connectivity index (χ0n) is 12.6. The van der Waals surface area contributed by atoms with Crippen LogP contribution < -0.4 is 0 Å². The van der Waals surface area contributed by atoms with E-state index in [-0.39, 0.29) is 5.60 Å². The topological polar surface area (TPSA) is 34.8 Å². The third kappa shape index (κ3) is 2.78. The van der Waals surface area contributed by atoms with E-state index in [4.69, 9.17) is 13.9 Å². The maximum absolute atomic E-state index is 6.21. The largest absolute Gasteiger partial charge is 0.465 e. The fourth-order valence-corrected chi connectivity index (χ4v) is 3.76. The van der Waals surface area contributed by atoms with E-state index in [9.17, 15) is 0 Å². The van der Waals surface area contributed by atoms with Gasteiger partial charge in [0.25, 0.3) is 0 Å². The average Bonchev–Trinajstić information content (AvgIpc) is 2.99. The van der Waals surface area contributed by atoms with Crippen molar-refractivity contribution >= 4 is 0 Å². The van der Waals surface area contributed by atoms with Crippen molar-refractivity contribution in [3.63, 3.8) is 0 Å². The van der Waals surface area contributed by atoms with Crippen molar-refractivity contribution in [1.82, 2.24) is 4.90 Å². The van der Waals surface area contributed by atoms with Gasteiger partial charge in [-0.1, -0.05) is 6.42 Å². The summed E-state index contributed by atoms with van der Waals surface area (Å²) in [6, 6.07) is 4.12. The molecule has 4 heteroatoms. The van der Waals surface area contributed by atoms with Crippen LogP contribution in [-0.4, -0.2) is 43.9 Å². The Kier molecular flexibility index (Phi) is 4.15. The Hall–Kier alpha value is -0.840. The molecule has 1 aliphatic carbocycles. The molecule has 0 aromatic carbocycles. The quantitative estimate of drug-likeness (QED) is 0.848. The van der Waals surface area contributed by atoms with Gasteiger partial charge in [-0.15, -0.1) is 0 Å². The lowest BCUT2D eigenvalue weighted by Gasteiger charge is -2.43. The molecule has 1 saturated carbocycles. The third-order valence-corrected chi connectivity index (χ3v) is 4.73. The molecule has 1 aliphatic heterocycles. The average molecular weight is 279 g/mol. The number of hydrogen-bond donors (Lipinski definition) is 0. The molecule has 2 atom stereocenters. The Balaban J connectivity index is 1.66. The first-order valence-corrected chi connectivity index (χ1v) is 7.62. The van der Waals surface area contributed by atoms with Gasteiger partial charge in [-0.2, -0.15) is 0 Å². The van der Waals surface area contributed by atoms with Crippen LogP contribution >= 0.6 is 0 Å². The lowest BCUT2D eigenvalue weighted by Crippen LogP contribution is -2.54. The van der Waals surface area contributed by atoms with Crippen LogP contribution in [0.4, 0.5) is 0 Å². The number of hydrogen-bond acceptors (Lipinski definition) is 4. The Morgan fingerprint density at radius 1 is 1.45 bits per heavy atom. The molecule has 0 radical (unpaired) electrons. The van der Waals surface area contributed by atoms with Crippen LogP contribution in [0.5, 0.6) is 0 Å². The van der Waals surface area contributed by atoms with Crippen LogP contribution in [0.1, 0.15) is 30.8 Å². The van der Waals surface area contributed by atoms with Gasteiger partial charge in [0.2, 0.25) is 0 Å². The first-order valence-electron chi connectivity index (χ1n) is 7.62. The SMILES string of the molecule is COC[C@H]1CCC[C@@]12CN(Cc1ccc(C)o1)CCO2. The fourth-order valence-electron chi connectivity index (χ4n) is 3.76. The summed E-state index contributed by atoms with van der Waals surface area (Å²) in [5.41, 5.74) is 0.00982. The first kappa shape index (κ1) is 14.1. The van der Waals surface area contributed by atoms with E-state index >= 15 is 0 Å². The molecule has 2 fully saturated rings. The summed E-state index contributed by atoms with van der Waals surface area (Å²) < 4.78 is 17.3. The number of furan rings is 1. The molecule has 0 bridgehead atoms. The number of morpholine rings is 1. The van der Waals surface area contributed by atoms with E-state index < -0.39 is 0 Å². The van der Waals surface area contributed by atoms with Gasteiger partial charge in [-0.3, -0.25) is 4.90 Å². The molecular formula is C16H25NO3. The van der Waals surface area contributed by atoms with Gasteiger partial charge in [0.1, 0.15) is 11.5 Å². The Morgan fingerprint density at radius 2 is 2.35 bits per heavy atom. The highest BCUT2D eigenvalue weighted by atomic mass is 16.5. The van der Waals surface area contributed by atoms with Gasteiger partial charge >= 0.3 is 0 Å². The molecule has 0 unspecified atom stereocenters. The highest BCUT2D eigenvalue weighted by Crippen LogP contribution is 2.41. The van der Waals surface area contributed by atoms with Crippen LogP contribution in [0.25, 0.3) is 0 Å². The molecule has 1 aromatic rings. The maximum Gasteiger partial charge on any atom is 0.118 e. The molecule has 1 spiro atoms. The molecule has 4 nitrogen and oxygen atoms in total. The Labute approximate surface area is 121 Å². The molecule has 3 rings (SSSR count). The van der Waals surface area contributed by atoms with Crippen molar-refractivity contribution in [2.45, 2.75) is 38.3 Å². The molecular weight excluding hydrogens is 254 g/mol. The minimum Gasteiger partial charge on any atom is -0.465 e.